The summed E-state index contributed by atoms with van der Waals surface area (Å²) in [7, 11) is 11.2. The maximum Gasteiger partial charge on any atom is 0.231 e. The van der Waals surface area contributed by atoms with Crippen LogP contribution in [0.3, 0.4) is 0 Å². The number of fused-ring (bicyclic) bond motifs is 1. The predicted octanol–water partition coefficient (Wildman–Crippen LogP) is 6.43. The molecule has 3 aromatic rings. The Bertz CT molecular complexity index is 1910. The number of rotatable bonds is 14. The first kappa shape index (κ1) is 39.6. The van der Waals surface area contributed by atoms with Crippen molar-refractivity contribution >= 4 is 40.8 Å². The Balaban J connectivity index is 1.55. The fourth-order valence-electron chi connectivity index (χ4n) is 7.12. The normalized spacial score (nSPS) is 19.1. The molecule has 12 nitrogen and oxygen atoms in total. The number of ether oxygens (including phenoxy) is 6. The number of carbonyl (C=O) groups excluding carboxylic acids is 3. The molecule has 4 atom stereocenters. The topological polar surface area (TPSA) is 142 Å². The van der Waals surface area contributed by atoms with Gasteiger partial charge in [0.2, 0.25) is 23.0 Å². The van der Waals surface area contributed by atoms with E-state index in [1.54, 1.807) is 6.92 Å². The maximum absolute atomic E-state index is 14.4. The lowest BCUT2D eigenvalue weighted by atomic mass is 9.69. The summed E-state index contributed by atoms with van der Waals surface area (Å²) >= 11 is 8.18. The highest BCUT2D eigenvalue weighted by Crippen LogP contribution is 2.56. The van der Waals surface area contributed by atoms with Crippen LogP contribution in [0.25, 0.3) is 0 Å². The third-order valence-electron chi connectivity index (χ3n) is 9.96. The number of thioether (sulfide) groups is 1. The van der Waals surface area contributed by atoms with Gasteiger partial charge in [-0.15, -0.1) is 11.8 Å². The molecule has 53 heavy (non-hydrogen) atoms. The minimum Gasteiger partial charge on any atom is -0.507 e. The quantitative estimate of drug-likeness (QED) is 0.175. The average molecular weight is 769 g/mol. The highest BCUT2D eigenvalue weighted by atomic mass is 35.5. The van der Waals surface area contributed by atoms with Crippen LogP contribution in [0.2, 0.25) is 5.02 Å². The van der Waals surface area contributed by atoms with Gasteiger partial charge in [0.25, 0.3) is 0 Å². The van der Waals surface area contributed by atoms with E-state index in [0.29, 0.717) is 22.8 Å². The molecular formula is C39H45ClN2O10S. The highest BCUT2D eigenvalue weighted by Gasteiger charge is 2.61. The van der Waals surface area contributed by atoms with Crippen LogP contribution in [-0.2, 0) is 9.59 Å². The van der Waals surface area contributed by atoms with E-state index >= 15 is 0 Å². The van der Waals surface area contributed by atoms with Crippen molar-refractivity contribution < 1.29 is 47.9 Å². The largest absolute Gasteiger partial charge is 0.507 e. The Morgan fingerprint density at radius 1 is 0.962 bits per heavy atom. The minimum absolute atomic E-state index is 0.0138. The van der Waals surface area contributed by atoms with Crippen molar-refractivity contribution in [3.63, 3.8) is 0 Å². The van der Waals surface area contributed by atoms with Gasteiger partial charge in [0, 0.05) is 47.8 Å². The molecule has 2 aliphatic rings. The third-order valence-corrected chi connectivity index (χ3v) is 11.1. The van der Waals surface area contributed by atoms with Gasteiger partial charge in [0.15, 0.2) is 28.8 Å². The number of benzene rings is 3. The Kier molecular flexibility index (Phi) is 12.1. The number of aliphatic hydroxyl groups is 1. The lowest BCUT2D eigenvalue weighted by molar-refractivity contribution is -0.122. The van der Waals surface area contributed by atoms with E-state index < -0.39 is 34.8 Å². The van der Waals surface area contributed by atoms with Gasteiger partial charge in [0.1, 0.15) is 22.1 Å². The summed E-state index contributed by atoms with van der Waals surface area (Å²) in [5.41, 5.74) is -0.634. The van der Waals surface area contributed by atoms with Crippen molar-refractivity contribution in [3.05, 3.63) is 75.5 Å². The number of ketones is 2. The molecule has 2 N–H and O–H groups in total. The average Bonchev–Trinajstić information content (AvgIpc) is 3.47. The van der Waals surface area contributed by atoms with Crippen LogP contribution in [-0.4, -0.2) is 95.5 Å². The molecule has 284 valence electrons. The fourth-order valence-corrected chi connectivity index (χ4v) is 7.79. The van der Waals surface area contributed by atoms with Crippen LogP contribution in [0.15, 0.2) is 58.7 Å². The number of amides is 1. The molecular weight excluding hydrogens is 724 g/mol. The van der Waals surface area contributed by atoms with Gasteiger partial charge in [-0.2, -0.15) is 0 Å². The minimum atomic E-state index is -1.99. The Labute approximate surface area is 318 Å². The number of allylic oxidation sites excluding steroid dienone is 1. The zero-order valence-corrected chi connectivity index (χ0v) is 32.8. The van der Waals surface area contributed by atoms with Crippen molar-refractivity contribution in [2.24, 2.45) is 5.92 Å². The first-order valence-corrected chi connectivity index (χ1v) is 18.4. The first-order valence-electron chi connectivity index (χ1n) is 16.8. The van der Waals surface area contributed by atoms with Crippen molar-refractivity contribution in [3.8, 4) is 34.5 Å². The molecule has 1 spiro atoms. The van der Waals surface area contributed by atoms with Crippen molar-refractivity contribution in [2.45, 2.75) is 42.2 Å². The summed E-state index contributed by atoms with van der Waals surface area (Å²) in [6, 6.07) is 12.2. The van der Waals surface area contributed by atoms with Crippen LogP contribution in [0.5, 0.6) is 34.5 Å². The summed E-state index contributed by atoms with van der Waals surface area (Å²) < 4.78 is 33.9. The number of carbonyl (C=O) groups is 3. The Morgan fingerprint density at radius 2 is 1.57 bits per heavy atom. The summed E-state index contributed by atoms with van der Waals surface area (Å²) in [6.45, 7) is 1.84. The fraction of sp³-hybridized carbons (Fsp3) is 0.410. The highest BCUT2D eigenvalue weighted by molar-refractivity contribution is 7.98. The number of hydrogen-bond acceptors (Lipinski definition) is 12. The molecule has 14 heteroatoms. The number of methoxy groups -OCH3 is 5. The number of aliphatic hydroxyl groups excluding tert-OH is 1. The van der Waals surface area contributed by atoms with Crippen LogP contribution < -0.4 is 33.7 Å². The van der Waals surface area contributed by atoms with E-state index in [9.17, 15) is 19.5 Å². The van der Waals surface area contributed by atoms with Gasteiger partial charge in [-0.3, -0.25) is 14.4 Å². The lowest BCUT2D eigenvalue weighted by Gasteiger charge is -2.38. The smallest absolute Gasteiger partial charge is 0.231 e. The molecule has 1 aliphatic heterocycles. The van der Waals surface area contributed by atoms with Crippen LogP contribution in [0.4, 0.5) is 0 Å². The van der Waals surface area contributed by atoms with Crippen LogP contribution in [0.1, 0.15) is 53.2 Å². The summed E-state index contributed by atoms with van der Waals surface area (Å²) in [5.74, 6) is -1.96. The monoisotopic (exact) mass is 768 g/mol. The molecule has 0 radical (unpaired) electrons. The number of Topliss-reactive ketones (excluding diaryl/α,β-unsaturated/α-hetero) is 2. The number of nitrogens with zero attached hydrogens (tertiary/aromatic N) is 1. The Hall–Kier alpha value is -4.59. The summed E-state index contributed by atoms with van der Waals surface area (Å²) in [4.78, 5) is 45.3. The molecule has 0 saturated carbocycles. The van der Waals surface area contributed by atoms with E-state index in [4.69, 9.17) is 40.0 Å². The second-order valence-electron chi connectivity index (χ2n) is 13.0. The van der Waals surface area contributed by atoms with Crippen LogP contribution in [0, 0.1) is 5.92 Å². The van der Waals surface area contributed by atoms with Gasteiger partial charge in [-0.05, 0) is 55.7 Å². The zero-order chi connectivity index (χ0) is 38.8. The second kappa shape index (κ2) is 16.2. The summed E-state index contributed by atoms with van der Waals surface area (Å²) in [6.07, 6.45) is 1.58. The molecule has 1 heterocycles. The van der Waals surface area contributed by atoms with Gasteiger partial charge in [-0.1, -0.05) is 30.7 Å². The van der Waals surface area contributed by atoms with Crippen molar-refractivity contribution in [1.82, 2.24) is 10.2 Å². The third kappa shape index (κ3) is 7.09. The van der Waals surface area contributed by atoms with Gasteiger partial charge < -0.3 is 43.7 Å². The number of hydrogen-bond donors (Lipinski definition) is 2. The molecule has 0 bridgehead atoms. The maximum atomic E-state index is 14.4. The van der Waals surface area contributed by atoms with Crippen LogP contribution >= 0.6 is 23.4 Å². The van der Waals surface area contributed by atoms with E-state index in [2.05, 4.69) is 5.32 Å². The lowest BCUT2D eigenvalue weighted by Crippen LogP contribution is -2.53. The van der Waals surface area contributed by atoms with E-state index in [1.165, 1.54) is 53.4 Å². The molecule has 0 aromatic heterocycles. The molecule has 0 saturated heterocycles. The van der Waals surface area contributed by atoms with Gasteiger partial charge >= 0.3 is 0 Å². The molecule has 3 aromatic carbocycles. The number of likely N-dealkylation sites (N-methyl/N-ethyl adjacent to an activating group) is 1. The SMILES string of the molecule is COc1cc(OC)c2c(c1Cl)OC1(C2=O)C(O)=C(C(CC(=O)NCC(c2cc(OC)c(OC)c(OC)c2)N(C)C)c2ccc(SC)cc2)C(=O)CC1C. The van der Waals surface area contributed by atoms with E-state index in [0.717, 1.165) is 10.5 Å². The van der Waals surface area contributed by atoms with E-state index in [1.807, 2.05) is 61.6 Å². The predicted molar refractivity (Wildman–Crippen MR) is 202 cm³/mol. The summed E-state index contributed by atoms with van der Waals surface area (Å²) in [5, 5.41) is 15.3. The van der Waals surface area contributed by atoms with E-state index in [-0.39, 0.29) is 64.7 Å². The standard InChI is InChI=1S/C39H45ClN2O10S/c1-20-14-26(43)32(37(45)39(20)38(46)33-27(47-4)18-28(48-5)34(40)36(33)52-39)24(21-10-12-23(53-9)13-11-21)17-31(44)41-19-25(42(2)3)22-15-29(49-6)35(51-8)30(16-22)50-7/h10-13,15-16,18,20,24-25,45H,14,17,19H2,1-9H3,(H,41,44). The Morgan fingerprint density at radius 3 is 2.09 bits per heavy atom. The first-order chi connectivity index (χ1) is 25.3. The molecule has 1 amide bonds. The number of nitrogens with one attached hydrogen (secondary N) is 1. The molecule has 4 unspecified atom stereocenters. The molecule has 5 rings (SSSR count). The van der Waals surface area contributed by atoms with Gasteiger partial charge in [0.05, 0.1) is 41.6 Å². The van der Waals surface area contributed by atoms with Gasteiger partial charge in [-0.25, -0.2) is 0 Å². The zero-order valence-electron chi connectivity index (χ0n) is 31.2. The molecule has 1 aliphatic carbocycles. The van der Waals surface area contributed by atoms with Crippen molar-refractivity contribution in [2.75, 3.05) is 62.4 Å². The number of halogens is 1. The molecule has 0 fully saturated rings. The second-order valence-corrected chi connectivity index (χ2v) is 14.3. The van der Waals surface area contributed by atoms with Crippen molar-refractivity contribution in [1.29, 1.82) is 0 Å².